The van der Waals surface area contributed by atoms with Crippen molar-refractivity contribution in [3.8, 4) is 5.75 Å². The van der Waals surface area contributed by atoms with Gasteiger partial charge in [0.15, 0.2) is 0 Å². The molecule has 0 aromatic heterocycles. The zero-order valence-corrected chi connectivity index (χ0v) is 17.7. The summed E-state index contributed by atoms with van der Waals surface area (Å²) in [5.74, 6) is 0.488. The van der Waals surface area contributed by atoms with Gasteiger partial charge in [0.25, 0.3) is 0 Å². The number of nitrogens with one attached hydrogen (secondary N) is 1. The predicted octanol–water partition coefficient (Wildman–Crippen LogP) is 3.94. The fourth-order valence-corrected chi connectivity index (χ4v) is 3.65. The lowest BCUT2D eigenvalue weighted by molar-refractivity contribution is -0.140. The highest BCUT2D eigenvalue weighted by Gasteiger charge is 2.25. The molecule has 0 unspecified atom stereocenters. The lowest BCUT2D eigenvalue weighted by Crippen LogP contribution is -2.46. The number of hydrogen-bond donors (Lipinski definition) is 1. The smallest absolute Gasteiger partial charge is 0.242 e. The van der Waals surface area contributed by atoms with Crippen molar-refractivity contribution in [2.24, 2.45) is 0 Å². The van der Waals surface area contributed by atoms with Crippen LogP contribution in [0.3, 0.4) is 0 Å². The van der Waals surface area contributed by atoms with Gasteiger partial charge in [-0.3, -0.25) is 9.59 Å². The number of fused-ring (bicyclic) bond motifs is 1. The van der Waals surface area contributed by atoms with E-state index in [-0.39, 0.29) is 11.8 Å². The molecule has 30 heavy (non-hydrogen) atoms. The summed E-state index contributed by atoms with van der Waals surface area (Å²) in [6.07, 6.45) is 0.953. The maximum absolute atomic E-state index is 13.2. The Labute approximate surface area is 177 Å². The minimum Gasteiger partial charge on any atom is -0.497 e. The molecule has 0 aliphatic carbocycles. The highest BCUT2D eigenvalue weighted by atomic mass is 16.5. The Balaban J connectivity index is 1.79. The van der Waals surface area contributed by atoms with Crippen LogP contribution in [0.15, 0.2) is 66.7 Å². The number of likely N-dealkylation sites (N-methyl/N-ethyl adjacent to an activating group) is 1. The Morgan fingerprint density at radius 3 is 2.53 bits per heavy atom. The van der Waals surface area contributed by atoms with Crippen LogP contribution in [-0.2, 0) is 22.6 Å². The lowest BCUT2D eigenvalue weighted by atomic mass is 10.0. The fraction of sp³-hybridized carbons (Fsp3) is 0.280. The van der Waals surface area contributed by atoms with Gasteiger partial charge in [-0.2, -0.15) is 0 Å². The van der Waals surface area contributed by atoms with E-state index in [0.717, 1.165) is 27.6 Å². The SMILES string of the molecule is CNC(=O)[C@H](C)N(Cc1cccc(OC)c1)C(=O)CCc1cccc2ccccc12. The average molecular weight is 405 g/mol. The summed E-state index contributed by atoms with van der Waals surface area (Å²) in [7, 11) is 3.20. The molecule has 1 N–H and O–H groups in total. The first-order valence-electron chi connectivity index (χ1n) is 10.1. The van der Waals surface area contributed by atoms with E-state index in [1.807, 2.05) is 42.5 Å². The van der Waals surface area contributed by atoms with Gasteiger partial charge in [0, 0.05) is 20.0 Å². The van der Waals surface area contributed by atoms with Crippen molar-refractivity contribution >= 4 is 22.6 Å². The summed E-state index contributed by atoms with van der Waals surface area (Å²) in [6, 6.07) is 21.3. The number of amides is 2. The summed E-state index contributed by atoms with van der Waals surface area (Å²) < 4.78 is 5.29. The van der Waals surface area contributed by atoms with Crippen LogP contribution in [0.2, 0.25) is 0 Å². The molecular weight excluding hydrogens is 376 g/mol. The van der Waals surface area contributed by atoms with E-state index >= 15 is 0 Å². The first-order chi connectivity index (χ1) is 14.5. The zero-order chi connectivity index (χ0) is 21.5. The molecule has 0 bridgehead atoms. The number of carbonyl (C=O) groups excluding carboxylic acids is 2. The second-order valence-corrected chi connectivity index (χ2v) is 7.30. The van der Waals surface area contributed by atoms with E-state index in [0.29, 0.717) is 19.4 Å². The highest BCUT2D eigenvalue weighted by molar-refractivity contribution is 5.88. The minimum atomic E-state index is -0.568. The van der Waals surface area contributed by atoms with Gasteiger partial charge in [0.1, 0.15) is 11.8 Å². The average Bonchev–Trinajstić information content (AvgIpc) is 2.80. The molecule has 0 saturated carbocycles. The molecule has 5 nitrogen and oxygen atoms in total. The van der Waals surface area contributed by atoms with E-state index in [1.165, 1.54) is 0 Å². The van der Waals surface area contributed by atoms with E-state index in [9.17, 15) is 9.59 Å². The predicted molar refractivity (Wildman–Crippen MR) is 119 cm³/mol. The van der Waals surface area contributed by atoms with Crippen molar-refractivity contribution in [3.63, 3.8) is 0 Å². The topological polar surface area (TPSA) is 58.6 Å². The molecular formula is C25H28N2O3. The van der Waals surface area contributed by atoms with Crippen LogP contribution in [0.25, 0.3) is 10.8 Å². The van der Waals surface area contributed by atoms with Crippen molar-refractivity contribution in [1.29, 1.82) is 0 Å². The second kappa shape index (κ2) is 9.92. The van der Waals surface area contributed by atoms with Gasteiger partial charge in [0.05, 0.1) is 7.11 Å². The number of ether oxygens (including phenoxy) is 1. The Kier molecular flexibility index (Phi) is 7.07. The zero-order valence-electron chi connectivity index (χ0n) is 17.7. The van der Waals surface area contributed by atoms with Crippen molar-refractivity contribution in [2.45, 2.75) is 32.4 Å². The van der Waals surface area contributed by atoms with Crippen LogP contribution in [-0.4, -0.2) is 36.9 Å². The molecule has 156 valence electrons. The number of hydrogen-bond acceptors (Lipinski definition) is 3. The quantitative estimate of drug-likeness (QED) is 0.619. The summed E-state index contributed by atoms with van der Waals surface area (Å²) >= 11 is 0. The number of nitrogens with zero attached hydrogens (tertiary/aromatic N) is 1. The third kappa shape index (κ3) is 4.98. The molecule has 0 aliphatic heterocycles. The third-order valence-electron chi connectivity index (χ3n) is 5.39. The van der Waals surface area contributed by atoms with Crippen molar-refractivity contribution < 1.29 is 14.3 Å². The fourth-order valence-electron chi connectivity index (χ4n) is 3.65. The van der Waals surface area contributed by atoms with Crippen LogP contribution >= 0.6 is 0 Å². The van der Waals surface area contributed by atoms with E-state index < -0.39 is 6.04 Å². The van der Waals surface area contributed by atoms with Crippen LogP contribution in [0.4, 0.5) is 0 Å². The maximum Gasteiger partial charge on any atom is 0.242 e. The van der Waals surface area contributed by atoms with Crippen LogP contribution in [0, 0.1) is 0 Å². The molecule has 1 atom stereocenters. The third-order valence-corrected chi connectivity index (χ3v) is 5.39. The van der Waals surface area contributed by atoms with Gasteiger partial charge in [0.2, 0.25) is 11.8 Å². The van der Waals surface area contributed by atoms with E-state index in [1.54, 1.807) is 26.0 Å². The van der Waals surface area contributed by atoms with E-state index in [4.69, 9.17) is 4.74 Å². The number of rotatable bonds is 8. The molecule has 3 aromatic rings. The van der Waals surface area contributed by atoms with Gasteiger partial charge >= 0.3 is 0 Å². The number of methoxy groups -OCH3 is 1. The molecule has 3 rings (SSSR count). The largest absolute Gasteiger partial charge is 0.497 e. The number of carbonyl (C=O) groups is 2. The first kappa shape index (κ1) is 21.4. The summed E-state index contributed by atoms with van der Waals surface area (Å²) in [5, 5.41) is 4.97. The van der Waals surface area contributed by atoms with Crippen molar-refractivity contribution in [1.82, 2.24) is 10.2 Å². The molecule has 0 radical (unpaired) electrons. The monoisotopic (exact) mass is 404 g/mol. The standard InChI is InChI=1S/C25H28N2O3/c1-18(25(29)26-2)27(17-19-8-6-12-22(16-19)30-3)24(28)15-14-21-11-7-10-20-9-4-5-13-23(20)21/h4-13,16,18H,14-15,17H2,1-3H3,(H,26,29)/t18-/m0/s1. The van der Waals surface area contributed by atoms with Crippen LogP contribution < -0.4 is 10.1 Å². The number of benzene rings is 3. The Morgan fingerprint density at radius 1 is 1.03 bits per heavy atom. The molecule has 2 amide bonds. The van der Waals surface area contributed by atoms with Gasteiger partial charge in [-0.15, -0.1) is 0 Å². The van der Waals surface area contributed by atoms with Crippen LogP contribution in [0.1, 0.15) is 24.5 Å². The maximum atomic E-state index is 13.2. The molecule has 0 aliphatic rings. The molecule has 0 saturated heterocycles. The van der Waals surface area contributed by atoms with Crippen LogP contribution in [0.5, 0.6) is 5.75 Å². The summed E-state index contributed by atoms with van der Waals surface area (Å²) in [6.45, 7) is 2.11. The van der Waals surface area contributed by atoms with Crippen molar-refractivity contribution in [3.05, 3.63) is 77.9 Å². The van der Waals surface area contributed by atoms with Gasteiger partial charge in [-0.25, -0.2) is 0 Å². The number of aryl methyl sites for hydroxylation is 1. The highest BCUT2D eigenvalue weighted by Crippen LogP contribution is 2.21. The summed E-state index contributed by atoms with van der Waals surface area (Å²) in [4.78, 5) is 27.1. The Bertz CT molecular complexity index is 1030. The molecule has 5 heteroatoms. The van der Waals surface area contributed by atoms with E-state index in [2.05, 4.69) is 29.6 Å². The molecule has 0 heterocycles. The summed E-state index contributed by atoms with van der Waals surface area (Å²) in [5.41, 5.74) is 2.05. The van der Waals surface area contributed by atoms with Gasteiger partial charge in [-0.05, 0) is 47.4 Å². The normalized spacial score (nSPS) is 11.7. The van der Waals surface area contributed by atoms with Gasteiger partial charge < -0.3 is 15.0 Å². The Hall–Kier alpha value is -3.34. The minimum absolute atomic E-state index is 0.0538. The molecule has 0 fully saturated rings. The Morgan fingerprint density at radius 2 is 1.77 bits per heavy atom. The first-order valence-corrected chi connectivity index (χ1v) is 10.1. The second-order valence-electron chi connectivity index (χ2n) is 7.30. The lowest BCUT2D eigenvalue weighted by Gasteiger charge is -2.28. The molecule has 3 aromatic carbocycles. The molecule has 0 spiro atoms. The van der Waals surface area contributed by atoms with Crippen molar-refractivity contribution in [2.75, 3.05) is 14.2 Å². The van der Waals surface area contributed by atoms with Gasteiger partial charge in [-0.1, -0.05) is 54.6 Å².